The zero-order chi connectivity index (χ0) is 13.4. The predicted octanol–water partition coefficient (Wildman–Crippen LogP) is 0.867. The predicted molar refractivity (Wildman–Crippen MR) is 74.7 cm³/mol. The van der Waals surface area contributed by atoms with Gasteiger partial charge in [-0.25, -0.2) is 0 Å². The van der Waals surface area contributed by atoms with Crippen LogP contribution >= 0.6 is 11.6 Å². The van der Waals surface area contributed by atoms with Crippen LogP contribution in [-0.4, -0.2) is 46.2 Å². The molecule has 3 rings (SSSR count). The topological polar surface area (TPSA) is 45.5 Å². The van der Waals surface area contributed by atoms with Gasteiger partial charge in [-0.05, 0) is 18.4 Å². The molecule has 1 fully saturated rings. The van der Waals surface area contributed by atoms with Gasteiger partial charge in [-0.1, -0.05) is 6.07 Å². The number of hydrogen-bond donors (Lipinski definition) is 1. The zero-order valence-corrected chi connectivity index (χ0v) is 11.6. The van der Waals surface area contributed by atoms with Crippen LogP contribution < -0.4 is 5.56 Å². The molecule has 0 saturated carbocycles. The lowest BCUT2D eigenvalue weighted by atomic mass is 9.83. The summed E-state index contributed by atoms with van der Waals surface area (Å²) in [4.78, 5) is 14.2. The monoisotopic (exact) mass is 282 g/mol. The van der Waals surface area contributed by atoms with Crippen molar-refractivity contribution in [2.45, 2.75) is 25.0 Å². The largest absolute Gasteiger partial charge is 0.391 e. The molecule has 3 heterocycles. The number of nitrogens with zero attached hydrogens (tertiary/aromatic N) is 2. The molecule has 104 valence electrons. The molecule has 0 spiro atoms. The molecule has 5 heteroatoms. The second-order valence-electron chi connectivity index (χ2n) is 5.72. The van der Waals surface area contributed by atoms with Crippen LogP contribution in [0.25, 0.3) is 0 Å². The van der Waals surface area contributed by atoms with Crippen molar-refractivity contribution in [2.75, 3.05) is 25.5 Å². The summed E-state index contributed by atoms with van der Waals surface area (Å²) in [6.45, 7) is 3.30. The van der Waals surface area contributed by atoms with Crippen LogP contribution in [0.15, 0.2) is 23.0 Å². The van der Waals surface area contributed by atoms with E-state index in [1.807, 2.05) is 10.6 Å². The van der Waals surface area contributed by atoms with E-state index in [9.17, 15) is 9.90 Å². The van der Waals surface area contributed by atoms with Gasteiger partial charge in [0.05, 0.1) is 6.10 Å². The molecule has 0 amide bonds. The molecule has 4 nitrogen and oxygen atoms in total. The molecule has 0 aromatic carbocycles. The normalized spacial score (nSPS) is 27.9. The second-order valence-corrected chi connectivity index (χ2v) is 6.03. The lowest BCUT2D eigenvalue weighted by molar-refractivity contribution is 0.0712. The average molecular weight is 283 g/mol. The number of pyridine rings is 1. The number of aliphatic hydroxyl groups is 1. The summed E-state index contributed by atoms with van der Waals surface area (Å²) in [6, 6.07) is 5.55. The van der Waals surface area contributed by atoms with E-state index in [1.165, 1.54) is 0 Å². The number of rotatable bonds is 3. The van der Waals surface area contributed by atoms with Crippen LogP contribution in [0.3, 0.4) is 0 Å². The maximum absolute atomic E-state index is 11.9. The Hall–Kier alpha value is -0.840. The van der Waals surface area contributed by atoms with E-state index < -0.39 is 6.10 Å². The van der Waals surface area contributed by atoms with Crippen molar-refractivity contribution >= 4 is 11.6 Å². The highest BCUT2D eigenvalue weighted by atomic mass is 35.5. The fourth-order valence-corrected chi connectivity index (χ4v) is 3.59. The van der Waals surface area contributed by atoms with Gasteiger partial charge < -0.3 is 9.67 Å². The van der Waals surface area contributed by atoms with Gasteiger partial charge in [-0.3, -0.25) is 9.69 Å². The molecule has 1 aromatic heterocycles. The Bertz CT molecular complexity index is 516. The van der Waals surface area contributed by atoms with Crippen molar-refractivity contribution in [1.29, 1.82) is 0 Å². The van der Waals surface area contributed by atoms with E-state index in [-0.39, 0.29) is 11.4 Å². The van der Waals surface area contributed by atoms with Gasteiger partial charge in [0.2, 0.25) is 0 Å². The number of alkyl halides is 1. The maximum Gasteiger partial charge on any atom is 0.250 e. The van der Waals surface area contributed by atoms with Gasteiger partial charge in [0.15, 0.2) is 0 Å². The van der Waals surface area contributed by atoms with E-state index in [0.29, 0.717) is 18.4 Å². The highest BCUT2D eigenvalue weighted by Crippen LogP contribution is 2.34. The summed E-state index contributed by atoms with van der Waals surface area (Å²) < 4.78 is 1.92. The van der Waals surface area contributed by atoms with Crippen LogP contribution in [-0.2, 0) is 6.54 Å². The SMILES string of the molecule is O=c1cccc2n1C[C@H]1C[C@@H]2CN(C[C@@H](O)CCl)C1. The Morgan fingerprint density at radius 3 is 3.00 bits per heavy atom. The molecule has 2 bridgehead atoms. The minimum Gasteiger partial charge on any atom is -0.391 e. The van der Waals surface area contributed by atoms with Gasteiger partial charge in [0.1, 0.15) is 0 Å². The third kappa shape index (κ3) is 2.57. The number of fused-ring (bicyclic) bond motifs is 4. The number of likely N-dealkylation sites (tertiary alicyclic amines) is 1. The van der Waals surface area contributed by atoms with Crippen molar-refractivity contribution in [1.82, 2.24) is 9.47 Å². The standard InChI is InChI=1S/C14H19ClN2O2/c15-5-12(18)9-16-6-10-4-11(8-16)13-2-1-3-14(19)17(13)7-10/h1-3,10-12,18H,4-9H2/t10-,11+,12-/m0/s1. The third-order valence-corrected chi connectivity index (χ3v) is 4.56. The molecular weight excluding hydrogens is 264 g/mol. The molecule has 19 heavy (non-hydrogen) atoms. The van der Waals surface area contributed by atoms with Crippen LogP contribution in [0, 0.1) is 5.92 Å². The number of aliphatic hydroxyl groups excluding tert-OH is 1. The lowest BCUT2D eigenvalue weighted by Crippen LogP contribution is -2.49. The summed E-state index contributed by atoms with van der Waals surface area (Å²) in [7, 11) is 0. The fourth-order valence-electron chi connectivity index (χ4n) is 3.49. The van der Waals surface area contributed by atoms with E-state index >= 15 is 0 Å². The number of hydrogen-bond acceptors (Lipinski definition) is 3. The molecule has 0 radical (unpaired) electrons. The zero-order valence-electron chi connectivity index (χ0n) is 10.8. The summed E-state index contributed by atoms with van der Waals surface area (Å²) in [5.41, 5.74) is 1.26. The quantitative estimate of drug-likeness (QED) is 0.837. The van der Waals surface area contributed by atoms with Crippen molar-refractivity contribution in [3.63, 3.8) is 0 Å². The van der Waals surface area contributed by atoms with Gasteiger partial charge in [-0.15, -0.1) is 11.6 Å². The highest BCUT2D eigenvalue weighted by Gasteiger charge is 2.34. The van der Waals surface area contributed by atoms with E-state index in [0.717, 1.165) is 31.7 Å². The summed E-state index contributed by atoms with van der Waals surface area (Å²) in [5, 5.41) is 9.68. The minimum atomic E-state index is -0.460. The smallest absolute Gasteiger partial charge is 0.250 e. The number of aromatic nitrogens is 1. The lowest BCUT2D eigenvalue weighted by Gasteiger charge is -2.43. The van der Waals surface area contributed by atoms with E-state index in [2.05, 4.69) is 11.0 Å². The van der Waals surface area contributed by atoms with Gasteiger partial charge in [0.25, 0.3) is 5.56 Å². The van der Waals surface area contributed by atoms with Crippen molar-refractivity contribution in [3.8, 4) is 0 Å². The molecule has 1 N–H and O–H groups in total. The van der Waals surface area contributed by atoms with E-state index in [1.54, 1.807) is 6.07 Å². The average Bonchev–Trinajstić information content (AvgIpc) is 2.40. The summed E-state index contributed by atoms with van der Waals surface area (Å²) in [5.74, 6) is 1.19. The van der Waals surface area contributed by atoms with E-state index in [4.69, 9.17) is 11.6 Å². The summed E-state index contributed by atoms with van der Waals surface area (Å²) >= 11 is 5.67. The Balaban J connectivity index is 1.82. The molecule has 0 unspecified atom stereocenters. The highest BCUT2D eigenvalue weighted by molar-refractivity contribution is 6.18. The molecule has 1 saturated heterocycles. The third-order valence-electron chi connectivity index (χ3n) is 4.20. The number of β-amino-alcohol motifs (C(OH)–C–C–N with tert-alkyl or cyclic N) is 1. The first kappa shape index (κ1) is 13.2. The Kier molecular flexibility index (Phi) is 3.65. The van der Waals surface area contributed by atoms with Gasteiger partial charge >= 0.3 is 0 Å². The summed E-state index contributed by atoms with van der Waals surface area (Å²) in [6.07, 6.45) is 0.690. The molecular formula is C14H19ClN2O2. The Morgan fingerprint density at radius 1 is 1.37 bits per heavy atom. The van der Waals surface area contributed by atoms with Crippen molar-refractivity contribution < 1.29 is 5.11 Å². The van der Waals surface area contributed by atoms with Crippen LogP contribution in [0.2, 0.25) is 0 Å². The molecule has 3 atom stereocenters. The Labute approximate surface area is 117 Å². The fraction of sp³-hybridized carbons (Fsp3) is 0.643. The number of halogens is 1. The Morgan fingerprint density at radius 2 is 2.21 bits per heavy atom. The first-order valence-corrected chi connectivity index (χ1v) is 7.37. The van der Waals surface area contributed by atoms with Gasteiger partial charge in [-0.2, -0.15) is 0 Å². The maximum atomic E-state index is 11.9. The number of piperidine rings is 1. The molecule has 1 aromatic rings. The van der Waals surface area contributed by atoms with Crippen LogP contribution in [0.5, 0.6) is 0 Å². The molecule has 2 aliphatic heterocycles. The van der Waals surface area contributed by atoms with Crippen LogP contribution in [0.4, 0.5) is 0 Å². The van der Waals surface area contributed by atoms with Gasteiger partial charge in [0, 0.05) is 49.7 Å². The first-order chi connectivity index (χ1) is 9.17. The minimum absolute atomic E-state index is 0.112. The van der Waals surface area contributed by atoms with Crippen molar-refractivity contribution in [2.24, 2.45) is 5.92 Å². The van der Waals surface area contributed by atoms with Crippen LogP contribution in [0.1, 0.15) is 18.0 Å². The second kappa shape index (κ2) is 5.27. The first-order valence-electron chi connectivity index (χ1n) is 6.83. The molecule has 0 aliphatic carbocycles. The molecule has 2 aliphatic rings. The van der Waals surface area contributed by atoms with Crippen molar-refractivity contribution in [3.05, 3.63) is 34.2 Å².